The van der Waals surface area contributed by atoms with Gasteiger partial charge in [0, 0.05) is 5.39 Å². The SMILES string of the molecule is O[B]c1cccc2[nH]ncc12. The van der Waals surface area contributed by atoms with Crippen LogP contribution >= 0.6 is 0 Å². The van der Waals surface area contributed by atoms with E-state index in [9.17, 15) is 0 Å². The maximum absolute atomic E-state index is 8.79. The molecule has 1 radical (unpaired) electrons. The summed E-state index contributed by atoms with van der Waals surface area (Å²) >= 11 is 0. The molecule has 0 bridgehead atoms. The number of hydrogen-bond donors (Lipinski definition) is 2. The topological polar surface area (TPSA) is 48.9 Å². The molecule has 2 aromatic rings. The molecule has 0 aliphatic rings. The molecule has 0 saturated heterocycles. The highest BCUT2D eigenvalue weighted by molar-refractivity contribution is 6.49. The molecule has 0 amide bonds. The van der Waals surface area contributed by atoms with E-state index in [2.05, 4.69) is 10.2 Å². The number of aromatic nitrogens is 2. The van der Waals surface area contributed by atoms with E-state index >= 15 is 0 Å². The van der Waals surface area contributed by atoms with E-state index in [0.717, 1.165) is 23.8 Å². The quantitative estimate of drug-likeness (QED) is 0.546. The molecule has 0 atom stereocenters. The van der Waals surface area contributed by atoms with Crippen molar-refractivity contribution in [3.05, 3.63) is 24.4 Å². The first kappa shape index (κ1) is 6.43. The second-order valence-electron chi connectivity index (χ2n) is 2.31. The zero-order valence-corrected chi connectivity index (χ0v) is 5.78. The number of nitrogens with zero attached hydrogens (tertiary/aromatic N) is 1. The standard InChI is InChI=1S/C7H6BN2O/c11-8-6-2-1-3-7-5(6)4-9-10-7/h1-4,11H,(H,9,10). The van der Waals surface area contributed by atoms with Gasteiger partial charge in [0.1, 0.15) is 0 Å². The van der Waals surface area contributed by atoms with E-state index < -0.39 is 0 Å². The fraction of sp³-hybridized carbons (Fsp3) is 0. The molecule has 0 aliphatic heterocycles. The van der Waals surface area contributed by atoms with Gasteiger partial charge in [-0.1, -0.05) is 12.1 Å². The minimum atomic E-state index is 0.788. The Kier molecular flexibility index (Phi) is 1.40. The fourth-order valence-corrected chi connectivity index (χ4v) is 1.10. The lowest BCUT2D eigenvalue weighted by Crippen LogP contribution is -2.13. The van der Waals surface area contributed by atoms with Gasteiger partial charge in [-0.15, -0.1) is 0 Å². The van der Waals surface area contributed by atoms with Crippen LogP contribution in [0.5, 0.6) is 0 Å². The van der Waals surface area contributed by atoms with Crippen molar-refractivity contribution in [2.75, 3.05) is 0 Å². The van der Waals surface area contributed by atoms with Crippen LogP contribution in [-0.2, 0) is 0 Å². The van der Waals surface area contributed by atoms with Gasteiger partial charge >= 0.3 is 7.48 Å². The molecule has 0 unspecified atom stereocenters. The van der Waals surface area contributed by atoms with Crippen LogP contribution in [0.25, 0.3) is 10.9 Å². The van der Waals surface area contributed by atoms with Gasteiger partial charge in [-0.3, -0.25) is 5.10 Å². The van der Waals surface area contributed by atoms with Crippen LogP contribution in [0.15, 0.2) is 24.4 Å². The smallest absolute Gasteiger partial charge is 0.327 e. The summed E-state index contributed by atoms with van der Waals surface area (Å²) in [5, 5.41) is 16.4. The Morgan fingerprint density at radius 2 is 2.36 bits per heavy atom. The van der Waals surface area contributed by atoms with Crippen molar-refractivity contribution in [2.45, 2.75) is 0 Å². The Hall–Kier alpha value is -1.29. The molecular formula is C7H6BN2O. The molecule has 1 heterocycles. The molecule has 53 valence electrons. The first-order chi connectivity index (χ1) is 5.42. The van der Waals surface area contributed by atoms with Crippen LogP contribution in [-0.4, -0.2) is 22.7 Å². The van der Waals surface area contributed by atoms with E-state index in [0.29, 0.717) is 0 Å². The van der Waals surface area contributed by atoms with E-state index in [1.165, 1.54) is 0 Å². The van der Waals surface area contributed by atoms with Gasteiger partial charge in [-0.05, 0) is 11.5 Å². The zero-order valence-electron chi connectivity index (χ0n) is 5.78. The Morgan fingerprint density at radius 3 is 3.18 bits per heavy atom. The van der Waals surface area contributed by atoms with Gasteiger partial charge in [0.15, 0.2) is 0 Å². The summed E-state index contributed by atoms with van der Waals surface area (Å²) in [6, 6.07) is 5.61. The van der Waals surface area contributed by atoms with E-state index in [1.807, 2.05) is 18.2 Å². The lowest BCUT2D eigenvalue weighted by Gasteiger charge is -1.93. The lowest BCUT2D eigenvalue weighted by atomic mass is 9.86. The van der Waals surface area contributed by atoms with Crippen LogP contribution in [0.4, 0.5) is 0 Å². The molecule has 0 saturated carbocycles. The van der Waals surface area contributed by atoms with Gasteiger partial charge < -0.3 is 5.02 Å². The van der Waals surface area contributed by atoms with Crippen molar-refractivity contribution in [3.8, 4) is 0 Å². The Bertz CT molecular complexity index is 371. The molecule has 0 spiro atoms. The molecular weight excluding hydrogens is 139 g/mol. The summed E-state index contributed by atoms with van der Waals surface area (Å²) in [5.41, 5.74) is 1.73. The lowest BCUT2D eigenvalue weighted by molar-refractivity contribution is 0.616. The molecule has 2 rings (SSSR count). The van der Waals surface area contributed by atoms with Crippen molar-refractivity contribution < 1.29 is 5.02 Å². The molecule has 0 fully saturated rings. The molecule has 4 heteroatoms. The predicted octanol–water partition coefficient (Wildman–Crippen LogP) is -0.200. The molecule has 1 aromatic heterocycles. The third-order valence-corrected chi connectivity index (χ3v) is 1.66. The van der Waals surface area contributed by atoms with Crippen LogP contribution in [0.1, 0.15) is 0 Å². The maximum atomic E-state index is 8.79. The van der Waals surface area contributed by atoms with Crippen LogP contribution in [0.3, 0.4) is 0 Å². The largest absolute Gasteiger partial charge is 0.450 e. The summed E-state index contributed by atoms with van der Waals surface area (Å²) < 4.78 is 0. The van der Waals surface area contributed by atoms with Crippen molar-refractivity contribution in [3.63, 3.8) is 0 Å². The average molecular weight is 145 g/mol. The molecule has 2 N–H and O–H groups in total. The maximum Gasteiger partial charge on any atom is 0.327 e. The number of H-pyrrole nitrogens is 1. The summed E-state index contributed by atoms with van der Waals surface area (Å²) in [4.78, 5) is 0. The highest BCUT2D eigenvalue weighted by atomic mass is 16.2. The van der Waals surface area contributed by atoms with Crippen molar-refractivity contribution >= 4 is 23.8 Å². The predicted molar refractivity (Wildman–Crippen MR) is 43.7 cm³/mol. The molecule has 1 aromatic carbocycles. The summed E-state index contributed by atoms with van der Waals surface area (Å²) in [5.74, 6) is 0. The normalized spacial score (nSPS) is 10.3. The van der Waals surface area contributed by atoms with Crippen molar-refractivity contribution in [1.29, 1.82) is 0 Å². The number of fused-ring (bicyclic) bond motifs is 1. The highest BCUT2D eigenvalue weighted by Gasteiger charge is 2.00. The number of aromatic amines is 1. The van der Waals surface area contributed by atoms with Crippen molar-refractivity contribution in [2.24, 2.45) is 0 Å². The summed E-state index contributed by atoms with van der Waals surface area (Å²) in [6.07, 6.45) is 1.69. The zero-order chi connectivity index (χ0) is 7.68. The first-order valence-corrected chi connectivity index (χ1v) is 3.31. The van der Waals surface area contributed by atoms with Gasteiger partial charge in [-0.2, -0.15) is 5.10 Å². The monoisotopic (exact) mass is 145 g/mol. The van der Waals surface area contributed by atoms with E-state index in [-0.39, 0.29) is 0 Å². The third-order valence-electron chi connectivity index (χ3n) is 1.66. The second kappa shape index (κ2) is 2.40. The van der Waals surface area contributed by atoms with Gasteiger partial charge in [0.05, 0.1) is 11.7 Å². The van der Waals surface area contributed by atoms with Crippen LogP contribution in [0, 0.1) is 0 Å². The Balaban J connectivity index is 2.79. The van der Waals surface area contributed by atoms with Gasteiger partial charge in [0.25, 0.3) is 0 Å². The summed E-state index contributed by atoms with van der Waals surface area (Å²) in [7, 11) is 1.08. The molecule has 0 aliphatic carbocycles. The Morgan fingerprint density at radius 1 is 1.45 bits per heavy atom. The minimum Gasteiger partial charge on any atom is -0.450 e. The number of nitrogens with one attached hydrogen (secondary N) is 1. The average Bonchev–Trinajstić information content (AvgIpc) is 2.50. The fourth-order valence-electron chi connectivity index (χ4n) is 1.10. The number of benzene rings is 1. The molecule has 11 heavy (non-hydrogen) atoms. The minimum absolute atomic E-state index is 0.788. The second-order valence-corrected chi connectivity index (χ2v) is 2.31. The number of hydrogen-bond acceptors (Lipinski definition) is 2. The third kappa shape index (κ3) is 0.916. The van der Waals surface area contributed by atoms with Gasteiger partial charge in [-0.25, -0.2) is 0 Å². The van der Waals surface area contributed by atoms with Crippen LogP contribution < -0.4 is 5.46 Å². The van der Waals surface area contributed by atoms with Crippen LogP contribution in [0.2, 0.25) is 0 Å². The van der Waals surface area contributed by atoms with E-state index in [4.69, 9.17) is 5.02 Å². The van der Waals surface area contributed by atoms with E-state index in [1.54, 1.807) is 6.20 Å². The highest BCUT2D eigenvalue weighted by Crippen LogP contribution is 2.05. The van der Waals surface area contributed by atoms with Gasteiger partial charge in [0.2, 0.25) is 0 Å². The van der Waals surface area contributed by atoms with Crippen molar-refractivity contribution in [1.82, 2.24) is 10.2 Å². The first-order valence-electron chi connectivity index (χ1n) is 3.31. The number of rotatable bonds is 1. The summed E-state index contributed by atoms with van der Waals surface area (Å²) in [6.45, 7) is 0. The Labute approximate surface area is 64.3 Å². The molecule has 3 nitrogen and oxygen atoms in total.